The maximum atomic E-state index is 11.9. The van der Waals surface area contributed by atoms with Crippen molar-refractivity contribution < 1.29 is 4.79 Å². The standard InChI is InChI=1S/C13H18N2O.ClH/c1-10-5-6-12-11(8-10)4-3-7-15(12)13(16)9-14-2;/h5-6,8,14H,3-4,7,9H2,1-2H3;1H. The molecule has 94 valence electrons. The van der Waals surface area contributed by atoms with Crippen molar-refractivity contribution >= 4 is 24.0 Å². The Hall–Kier alpha value is -1.06. The van der Waals surface area contributed by atoms with Gasteiger partial charge in [-0.3, -0.25) is 4.79 Å². The van der Waals surface area contributed by atoms with Crippen LogP contribution in [0.3, 0.4) is 0 Å². The van der Waals surface area contributed by atoms with E-state index in [0.29, 0.717) is 6.54 Å². The Labute approximate surface area is 109 Å². The lowest BCUT2D eigenvalue weighted by Crippen LogP contribution is -2.40. The number of aryl methyl sites for hydroxylation is 2. The van der Waals surface area contributed by atoms with E-state index >= 15 is 0 Å². The first-order valence-electron chi connectivity index (χ1n) is 5.77. The zero-order valence-corrected chi connectivity index (χ0v) is 11.1. The summed E-state index contributed by atoms with van der Waals surface area (Å²) in [4.78, 5) is 13.8. The van der Waals surface area contributed by atoms with E-state index < -0.39 is 0 Å². The van der Waals surface area contributed by atoms with Gasteiger partial charge in [-0.05, 0) is 38.4 Å². The molecule has 0 radical (unpaired) electrons. The van der Waals surface area contributed by atoms with E-state index in [-0.39, 0.29) is 18.3 Å². The van der Waals surface area contributed by atoms with E-state index in [1.165, 1.54) is 11.1 Å². The minimum atomic E-state index is 0. The summed E-state index contributed by atoms with van der Waals surface area (Å²) >= 11 is 0. The number of amides is 1. The highest BCUT2D eigenvalue weighted by Crippen LogP contribution is 2.27. The number of halogens is 1. The SMILES string of the molecule is CNCC(=O)N1CCCc2cc(C)ccc21.Cl. The summed E-state index contributed by atoms with van der Waals surface area (Å²) in [5.74, 6) is 0.160. The summed E-state index contributed by atoms with van der Waals surface area (Å²) < 4.78 is 0. The van der Waals surface area contributed by atoms with E-state index in [1.54, 1.807) is 7.05 Å². The maximum Gasteiger partial charge on any atom is 0.240 e. The fourth-order valence-electron chi connectivity index (χ4n) is 2.23. The summed E-state index contributed by atoms with van der Waals surface area (Å²) in [7, 11) is 1.80. The Morgan fingerprint density at radius 3 is 2.94 bits per heavy atom. The number of carbonyl (C=O) groups excluding carboxylic acids is 1. The summed E-state index contributed by atoms with van der Waals surface area (Å²) in [6, 6.07) is 6.33. The number of hydrogen-bond donors (Lipinski definition) is 1. The molecular formula is C13H19ClN2O. The molecule has 17 heavy (non-hydrogen) atoms. The first-order valence-corrected chi connectivity index (χ1v) is 5.77. The average Bonchev–Trinajstić information content (AvgIpc) is 2.28. The van der Waals surface area contributed by atoms with Crippen molar-refractivity contribution in [1.29, 1.82) is 0 Å². The third-order valence-corrected chi connectivity index (χ3v) is 2.98. The molecule has 1 aromatic rings. The van der Waals surface area contributed by atoms with Crippen LogP contribution < -0.4 is 10.2 Å². The quantitative estimate of drug-likeness (QED) is 0.875. The third-order valence-electron chi connectivity index (χ3n) is 2.98. The number of fused-ring (bicyclic) bond motifs is 1. The van der Waals surface area contributed by atoms with E-state index in [0.717, 1.165) is 25.1 Å². The number of nitrogens with zero attached hydrogens (tertiary/aromatic N) is 1. The number of rotatable bonds is 2. The molecule has 0 aliphatic carbocycles. The van der Waals surface area contributed by atoms with Gasteiger partial charge in [0.2, 0.25) is 5.91 Å². The van der Waals surface area contributed by atoms with Gasteiger partial charge >= 0.3 is 0 Å². The van der Waals surface area contributed by atoms with Crippen LogP contribution in [-0.4, -0.2) is 26.0 Å². The number of benzene rings is 1. The summed E-state index contributed by atoms with van der Waals surface area (Å²) in [6.07, 6.45) is 2.15. The molecule has 0 atom stereocenters. The van der Waals surface area contributed by atoms with Gasteiger partial charge in [0, 0.05) is 12.2 Å². The minimum absolute atomic E-state index is 0. The molecule has 0 fully saturated rings. The first-order chi connectivity index (χ1) is 7.72. The van der Waals surface area contributed by atoms with E-state index in [2.05, 4.69) is 30.4 Å². The fraction of sp³-hybridized carbons (Fsp3) is 0.462. The number of likely N-dealkylation sites (N-methyl/N-ethyl adjacent to an activating group) is 1. The second-order valence-corrected chi connectivity index (χ2v) is 4.31. The highest BCUT2D eigenvalue weighted by Gasteiger charge is 2.21. The molecule has 1 aliphatic heterocycles. The minimum Gasteiger partial charge on any atom is -0.311 e. The topological polar surface area (TPSA) is 32.3 Å². The monoisotopic (exact) mass is 254 g/mol. The Morgan fingerprint density at radius 1 is 1.47 bits per heavy atom. The van der Waals surface area contributed by atoms with Crippen molar-refractivity contribution in [3.8, 4) is 0 Å². The van der Waals surface area contributed by atoms with Crippen molar-refractivity contribution in [3.05, 3.63) is 29.3 Å². The summed E-state index contributed by atoms with van der Waals surface area (Å²) in [5.41, 5.74) is 3.66. The van der Waals surface area contributed by atoms with Gasteiger partial charge in [-0.25, -0.2) is 0 Å². The van der Waals surface area contributed by atoms with Crippen molar-refractivity contribution in [2.24, 2.45) is 0 Å². The van der Waals surface area contributed by atoms with E-state index in [4.69, 9.17) is 0 Å². The Bertz CT molecular complexity index is 406. The van der Waals surface area contributed by atoms with Gasteiger partial charge in [0.05, 0.1) is 6.54 Å². The molecule has 1 aliphatic rings. The predicted octanol–water partition coefficient (Wildman–Crippen LogP) is 1.92. The average molecular weight is 255 g/mol. The largest absolute Gasteiger partial charge is 0.311 e. The van der Waals surface area contributed by atoms with Crippen LogP contribution in [0.5, 0.6) is 0 Å². The van der Waals surface area contributed by atoms with E-state index in [1.807, 2.05) is 4.90 Å². The molecular weight excluding hydrogens is 236 g/mol. The molecule has 4 heteroatoms. The summed E-state index contributed by atoms with van der Waals surface area (Å²) in [5, 5.41) is 2.92. The molecule has 3 nitrogen and oxygen atoms in total. The van der Waals surface area contributed by atoms with Crippen LogP contribution in [0.2, 0.25) is 0 Å². The Kier molecular flexibility index (Phi) is 4.97. The van der Waals surface area contributed by atoms with Crippen molar-refractivity contribution in [3.63, 3.8) is 0 Å². The van der Waals surface area contributed by atoms with Crippen LogP contribution in [0.4, 0.5) is 5.69 Å². The van der Waals surface area contributed by atoms with Gasteiger partial charge < -0.3 is 10.2 Å². The molecule has 1 N–H and O–H groups in total. The molecule has 0 bridgehead atoms. The molecule has 0 saturated carbocycles. The van der Waals surface area contributed by atoms with Gasteiger partial charge in [0.25, 0.3) is 0 Å². The second kappa shape index (κ2) is 6.03. The van der Waals surface area contributed by atoms with Gasteiger partial charge in [0.1, 0.15) is 0 Å². The Balaban J connectivity index is 0.00000144. The lowest BCUT2D eigenvalue weighted by Gasteiger charge is -2.29. The van der Waals surface area contributed by atoms with Crippen LogP contribution in [0.25, 0.3) is 0 Å². The molecule has 0 aromatic heterocycles. The van der Waals surface area contributed by atoms with Crippen LogP contribution >= 0.6 is 12.4 Å². The highest BCUT2D eigenvalue weighted by atomic mass is 35.5. The number of hydrogen-bond acceptors (Lipinski definition) is 2. The van der Waals surface area contributed by atoms with Gasteiger partial charge in [-0.15, -0.1) is 12.4 Å². The third kappa shape index (κ3) is 2.99. The van der Waals surface area contributed by atoms with Gasteiger partial charge in [0.15, 0.2) is 0 Å². The summed E-state index contributed by atoms with van der Waals surface area (Å²) in [6.45, 7) is 3.35. The van der Waals surface area contributed by atoms with Crippen LogP contribution in [0, 0.1) is 6.92 Å². The van der Waals surface area contributed by atoms with Crippen LogP contribution in [-0.2, 0) is 11.2 Å². The number of anilines is 1. The fourth-order valence-corrected chi connectivity index (χ4v) is 2.23. The zero-order chi connectivity index (χ0) is 11.5. The van der Waals surface area contributed by atoms with Gasteiger partial charge in [-0.2, -0.15) is 0 Å². The number of nitrogens with one attached hydrogen (secondary N) is 1. The lowest BCUT2D eigenvalue weighted by atomic mass is 9.99. The Morgan fingerprint density at radius 2 is 2.24 bits per heavy atom. The predicted molar refractivity (Wildman–Crippen MR) is 73.0 cm³/mol. The lowest BCUT2D eigenvalue weighted by molar-refractivity contribution is -0.117. The smallest absolute Gasteiger partial charge is 0.240 e. The molecule has 0 saturated heterocycles. The molecule has 1 heterocycles. The first kappa shape index (κ1) is 14.0. The molecule has 0 spiro atoms. The van der Waals surface area contributed by atoms with Gasteiger partial charge in [-0.1, -0.05) is 17.7 Å². The number of carbonyl (C=O) groups is 1. The normalized spacial score (nSPS) is 13.9. The van der Waals surface area contributed by atoms with Crippen molar-refractivity contribution in [1.82, 2.24) is 5.32 Å². The van der Waals surface area contributed by atoms with Crippen molar-refractivity contribution in [2.75, 3.05) is 25.0 Å². The molecule has 1 amide bonds. The maximum absolute atomic E-state index is 11.9. The van der Waals surface area contributed by atoms with E-state index in [9.17, 15) is 4.79 Å². The molecule has 1 aromatic carbocycles. The van der Waals surface area contributed by atoms with Crippen LogP contribution in [0.15, 0.2) is 18.2 Å². The van der Waals surface area contributed by atoms with Crippen LogP contribution in [0.1, 0.15) is 17.5 Å². The zero-order valence-electron chi connectivity index (χ0n) is 10.3. The second-order valence-electron chi connectivity index (χ2n) is 4.31. The van der Waals surface area contributed by atoms with Crippen molar-refractivity contribution in [2.45, 2.75) is 19.8 Å². The highest BCUT2D eigenvalue weighted by molar-refractivity contribution is 5.95. The molecule has 0 unspecified atom stereocenters. The molecule has 2 rings (SSSR count).